The van der Waals surface area contributed by atoms with Crippen molar-refractivity contribution in [2.24, 2.45) is 0 Å². The average Bonchev–Trinajstić information content (AvgIpc) is 2.47. The molecule has 1 fully saturated rings. The Morgan fingerprint density at radius 3 is 2.84 bits per heavy atom. The maximum atomic E-state index is 11.7. The zero-order chi connectivity index (χ0) is 13.3. The lowest BCUT2D eigenvalue weighted by atomic mass is 10.2. The van der Waals surface area contributed by atoms with Crippen molar-refractivity contribution in [3.8, 4) is 0 Å². The molecule has 104 valence electrons. The Kier molecular flexibility index (Phi) is 6.24. The third kappa shape index (κ3) is 5.66. The highest BCUT2D eigenvalue weighted by molar-refractivity contribution is 7.99. The fourth-order valence-electron chi connectivity index (χ4n) is 2.17. The van der Waals surface area contributed by atoms with Gasteiger partial charge in [-0.3, -0.25) is 4.79 Å². The molecule has 0 aliphatic carbocycles. The molecule has 1 aliphatic rings. The molecule has 0 spiro atoms. The van der Waals surface area contributed by atoms with E-state index in [1.54, 1.807) is 0 Å². The summed E-state index contributed by atoms with van der Waals surface area (Å²) >= 11 is 2.03. The smallest absolute Gasteiger partial charge is 0.234 e. The van der Waals surface area contributed by atoms with Gasteiger partial charge in [-0.1, -0.05) is 36.8 Å². The lowest BCUT2D eigenvalue weighted by Gasteiger charge is -2.21. The van der Waals surface area contributed by atoms with Gasteiger partial charge in [0.05, 0.1) is 6.54 Å². The van der Waals surface area contributed by atoms with Gasteiger partial charge in [0, 0.05) is 18.3 Å². The first-order valence-corrected chi connectivity index (χ1v) is 8.02. The molecule has 2 N–H and O–H groups in total. The lowest BCUT2D eigenvalue weighted by molar-refractivity contribution is -0.120. The van der Waals surface area contributed by atoms with Gasteiger partial charge in [0.2, 0.25) is 5.91 Å². The molecule has 2 rings (SSSR count). The van der Waals surface area contributed by atoms with Crippen molar-refractivity contribution in [3.63, 3.8) is 0 Å². The first-order valence-electron chi connectivity index (χ1n) is 6.97. The van der Waals surface area contributed by atoms with Gasteiger partial charge in [-0.05, 0) is 24.2 Å². The molecule has 1 saturated heterocycles. The van der Waals surface area contributed by atoms with Gasteiger partial charge < -0.3 is 10.6 Å². The molecule has 0 saturated carbocycles. The Morgan fingerprint density at radius 2 is 2.11 bits per heavy atom. The largest absolute Gasteiger partial charge is 0.351 e. The second kappa shape index (κ2) is 8.23. The van der Waals surface area contributed by atoms with Crippen molar-refractivity contribution < 1.29 is 4.79 Å². The van der Waals surface area contributed by atoms with E-state index in [-0.39, 0.29) is 5.91 Å². The van der Waals surface area contributed by atoms with Gasteiger partial charge in [0.15, 0.2) is 0 Å². The van der Waals surface area contributed by atoms with Crippen LogP contribution in [0.3, 0.4) is 0 Å². The molecule has 1 unspecified atom stereocenters. The van der Waals surface area contributed by atoms with E-state index in [1.165, 1.54) is 25.0 Å². The number of hydrogen-bond donors (Lipinski definition) is 2. The number of rotatable bonds is 6. The molecule has 0 aromatic heterocycles. The molecule has 3 nitrogen and oxygen atoms in total. The zero-order valence-electron chi connectivity index (χ0n) is 11.2. The van der Waals surface area contributed by atoms with Crippen molar-refractivity contribution in [3.05, 3.63) is 35.9 Å². The minimum atomic E-state index is 0.0738. The van der Waals surface area contributed by atoms with E-state index in [2.05, 4.69) is 10.6 Å². The first kappa shape index (κ1) is 14.4. The summed E-state index contributed by atoms with van der Waals surface area (Å²) in [6.07, 6.45) is 3.96. The van der Waals surface area contributed by atoms with E-state index in [0.717, 1.165) is 12.1 Å². The van der Waals surface area contributed by atoms with Crippen LogP contribution in [0.1, 0.15) is 24.8 Å². The highest BCUT2D eigenvalue weighted by atomic mass is 32.2. The number of benzene rings is 1. The quantitative estimate of drug-likeness (QED) is 0.838. The van der Waals surface area contributed by atoms with Gasteiger partial charge in [0.25, 0.3) is 0 Å². The van der Waals surface area contributed by atoms with Crippen LogP contribution >= 0.6 is 11.8 Å². The average molecular weight is 278 g/mol. The highest BCUT2D eigenvalue weighted by Crippen LogP contribution is 2.24. The van der Waals surface area contributed by atoms with Crippen LogP contribution in [-0.4, -0.2) is 30.0 Å². The summed E-state index contributed by atoms with van der Waals surface area (Å²) in [5.41, 5.74) is 1.14. The van der Waals surface area contributed by atoms with E-state index >= 15 is 0 Å². The second-order valence-electron chi connectivity index (χ2n) is 4.88. The van der Waals surface area contributed by atoms with Crippen LogP contribution in [0.5, 0.6) is 0 Å². The minimum Gasteiger partial charge on any atom is -0.351 e. The van der Waals surface area contributed by atoms with Crippen LogP contribution in [0.15, 0.2) is 30.3 Å². The molecular weight excluding hydrogens is 256 g/mol. The predicted molar refractivity (Wildman–Crippen MR) is 81.3 cm³/mol. The van der Waals surface area contributed by atoms with Crippen molar-refractivity contribution in [1.29, 1.82) is 0 Å². The van der Waals surface area contributed by atoms with Crippen LogP contribution in [0, 0.1) is 0 Å². The fourth-order valence-corrected chi connectivity index (χ4v) is 3.45. The maximum Gasteiger partial charge on any atom is 0.234 e. The van der Waals surface area contributed by atoms with Crippen LogP contribution < -0.4 is 10.6 Å². The van der Waals surface area contributed by atoms with E-state index < -0.39 is 0 Å². The molecule has 0 radical (unpaired) electrons. The predicted octanol–water partition coefficient (Wildman–Crippen LogP) is 2.18. The minimum absolute atomic E-state index is 0.0738. The van der Waals surface area contributed by atoms with Crippen molar-refractivity contribution in [1.82, 2.24) is 10.6 Å². The topological polar surface area (TPSA) is 41.1 Å². The lowest BCUT2D eigenvalue weighted by Crippen LogP contribution is -2.36. The molecular formula is C15H22N2OS. The third-order valence-electron chi connectivity index (χ3n) is 3.26. The summed E-state index contributed by atoms with van der Waals surface area (Å²) in [6, 6.07) is 9.99. The molecule has 1 aromatic carbocycles. The van der Waals surface area contributed by atoms with Crippen molar-refractivity contribution in [2.45, 2.75) is 31.1 Å². The Hall–Kier alpha value is -1.00. The zero-order valence-corrected chi connectivity index (χ0v) is 12.0. The van der Waals surface area contributed by atoms with Gasteiger partial charge in [-0.15, -0.1) is 0 Å². The number of amides is 1. The van der Waals surface area contributed by atoms with Crippen molar-refractivity contribution >= 4 is 17.7 Å². The SMILES string of the molecule is O=C(CNCC1CCCCS1)NCc1ccccc1. The number of carbonyl (C=O) groups is 1. The van der Waals surface area contributed by atoms with Gasteiger partial charge in [-0.2, -0.15) is 11.8 Å². The summed E-state index contributed by atoms with van der Waals surface area (Å²) < 4.78 is 0. The van der Waals surface area contributed by atoms with Gasteiger partial charge >= 0.3 is 0 Å². The Morgan fingerprint density at radius 1 is 1.26 bits per heavy atom. The van der Waals surface area contributed by atoms with E-state index in [1.807, 2.05) is 42.1 Å². The molecule has 1 aliphatic heterocycles. The van der Waals surface area contributed by atoms with Crippen LogP contribution in [-0.2, 0) is 11.3 Å². The number of nitrogens with one attached hydrogen (secondary N) is 2. The van der Waals surface area contributed by atoms with Gasteiger partial charge in [-0.25, -0.2) is 0 Å². The van der Waals surface area contributed by atoms with Crippen LogP contribution in [0.4, 0.5) is 0 Å². The third-order valence-corrected chi connectivity index (χ3v) is 4.66. The number of carbonyl (C=O) groups excluding carboxylic acids is 1. The molecule has 19 heavy (non-hydrogen) atoms. The van der Waals surface area contributed by atoms with E-state index in [4.69, 9.17) is 0 Å². The number of hydrogen-bond acceptors (Lipinski definition) is 3. The number of thioether (sulfide) groups is 1. The highest BCUT2D eigenvalue weighted by Gasteiger charge is 2.13. The summed E-state index contributed by atoms with van der Waals surface area (Å²) in [4.78, 5) is 11.7. The summed E-state index contributed by atoms with van der Waals surface area (Å²) in [5.74, 6) is 1.34. The molecule has 0 bridgehead atoms. The molecule has 1 amide bonds. The van der Waals surface area contributed by atoms with Crippen LogP contribution in [0.25, 0.3) is 0 Å². The van der Waals surface area contributed by atoms with Crippen molar-refractivity contribution in [2.75, 3.05) is 18.8 Å². The molecule has 4 heteroatoms. The molecule has 1 heterocycles. The molecule has 1 atom stereocenters. The standard InChI is InChI=1S/C15H22N2OS/c18-15(17-10-13-6-2-1-3-7-13)12-16-11-14-8-4-5-9-19-14/h1-3,6-7,14,16H,4-5,8-12H2,(H,17,18). The van der Waals surface area contributed by atoms with E-state index in [0.29, 0.717) is 18.3 Å². The first-order chi connectivity index (χ1) is 9.34. The van der Waals surface area contributed by atoms with E-state index in [9.17, 15) is 4.79 Å². The van der Waals surface area contributed by atoms with Gasteiger partial charge in [0.1, 0.15) is 0 Å². The Bertz CT molecular complexity index is 377. The Labute approximate surface area is 119 Å². The maximum absolute atomic E-state index is 11.7. The molecule has 1 aromatic rings. The summed E-state index contributed by atoms with van der Waals surface area (Å²) in [7, 11) is 0. The normalized spacial score (nSPS) is 19.1. The Balaban J connectivity index is 1.57. The summed E-state index contributed by atoms with van der Waals surface area (Å²) in [6.45, 7) is 1.98. The summed E-state index contributed by atoms with van der Waals surface area (Å²) in [5, 5.41) is 6.88. The second-order valence-corrected chi connectivity index (χ2v) is 6.29. The monoisotopic (exact) mass is 278 g/mol. The fraction of sp³-hybridized carbons (Fsp3) is 0.533. The van der Waals surface area contributed by atoms with Crippen LogP contribution in [0.2, 0.25) is 0 Å².